The Bertz CT molecular complexity index is 1760. The third kappa shape index (κ3) is 6.95. The Morgan fingerprint density at radius 3 is 2.05 bits per heavy atom. The minimum absolute atomic E-state index is 0.0127. The molecule has 4 aromatic carbocycles. The monoisotopic (exact) mass is 617 g/mol. The van der Waals surface area contributed by atoms with E-state index in [-0.39, 0.29) is 31.2 Å². The Morgan fingerprint density at radius 1 is 0.750 bits per heavy atom. The number of carbonyl (C=O) groups is 1. The largest absolute Gasteiger partial charge is 0.325 e. The summed E-state index contributed by atoms with van der Waals surface area (Å²) >= 11 is 12.4. The van der Waals surface area contributed by atoms with Gasteiger partial charge < -0.3 is 5.32 Å². The topological polar surface area (TPSA) is 113 Å². The van der Waals surface area contributed by atoms with Gasteiger partial charge in [0.2, 0.25) is 5.91 Å². The first-order valence-corrected chi connectivity index (χ1v) is 15.6. The number of sulfonamides is 2. The van der Waals surface area contributed by atoms with Crippen molar-refractivity contribution >= 4 is 66.2 Å². The summed E-state index contributed by atoms with van der Waals surface area (Å²) in [6.07, 6.45) is 0. The molecule has 0 aromatic heterocycles. The highest BCUT2D eigenvalue weighted by atomic mass is 35.5. The van der Waals surface area contributed by atoms with Gasteiger partial charge in [0.05, 0.1) is 20.5 Å². The second-order valence-electron chi connectivity index (χ2n) is 8.97. The number of hydrogen-bond acceptors (Lipinski definition) is 5. The molecule has 0 radical (unpaired) electrons. The normalized spacial score (nSPS) is 11.6. The molecule has 208 valence electrons. The number of nitrogens with one attached hydrogen (secondary N) is 2. The Balaban J connectivity index is 1.56. The average molecular weight is 619 g/mol. The van der Waals surface area contributed by atoms with E-state index in [2.05, 4.69) is 10.0 Å². The van der Waals surface area contributed by atoms with Crippen molar-refractivity contribution in [3.63, 3.8) is 0 Å². The zero-order valence-corrected chi connectivity index (χ0v) is 24.6. The molecule has 4 rings (SSSR count). The predicted molar refractivity (Wildman–Crippen MR) is 159 cm³/mol. The lowest BCUT2D eigenvalue weighted by molar-refractivity contribution is -0.114. The minimum atomic E-state index is -4.21. The van der Waals surface area contributed by atoms with Gasteiger partial charge in [-0.1, -0.05) is 53.0 Å². The summed E-state index contributed by atoms with van der Waals surface area (Å²) in [7, 11) is -8.08. The van der Waals surface area contributed by atoms with Crippen LogP contribution in [0, 0.1) is 13.8 Å². The standard InChI is InChI=1S/C28H25Cl2N3O5S2/c1-19-6-11-25(12-7-19)40(37,38)33(27-17-21(29)8-15-26(27)30)18-28(34)31-22-9-13-24(14-10-22)39(35,36)32-23-5-3-4-20(2)16-23/h3-17,32H,18H2,1-2H3,(H,31,34). The second-order valence-corrected chi connectivity index (χ2v) is 13.4. The van der Waals surface area contributed by atoms with Crippen molar-refractivity contribution in [1.82, 2.24) is 0 Å². The van der Waals surface area contributed by atoms with Crippen LogP contribution in [0.1, 0.15) is 11.1 Å². The summed E-state index contributed by atoms with van der Waals surface area (Å²) in [4.78, 5) is 13.0. The molecule has 0 fully saturated rings. The van der Waals surface area contributed by atoms with Crippen LogP contribution >= 0.6 is 23.2 Å². The zero-order valence-electron chi connectivity index (χ0n) is 21.4. The van der Waals surface area contributed by atoms with Gasteiger partial charge in [0.15, 0.2) is 0 Å². The number of carbonyl (C=O) groups excluding carboxylic acids is 1. The third-order valence-corrected chi connectivity index (χ3v) is 9.52. The lowest BCUT2D eigenvalue weighted by Crippen LogP contribution is -2.38. The molecule has 1 amide bonds. The molecule has 4 aromatic rings. The van der Waals surface area contributed by atoms with Gasteiger partial charge in [-0.25, -0.2) is 16.8 Å². The molecule has 0 unspecified atom stereocenters. The van der Waals surface area contributed by atoms with Crippen molar-refractivity contribution in [1.29, 1.82) is 0 Å². The summed E-state index contributed by atoms with van der Waals surface area (Å²) in [6.45, 7) is 3.05. The van der Waals surface area contributed by atoms with Crippen LogP contribution in [0.5, 0.6) is 0 Å². The summed E-state index contributed by atoms with van der Waals surface area (Å²) in [5.74, 6) is -0.680. The van der Waals surface area contributed by atoms with Crippen molar-refractivity contribution in [3.05, 3.63) is 112 Å². The van der Waals surface area contributed by atoms with Crippen LogP contribution in [-0.4, -0.2) is 29.3 Å². The number of halogens is 2. The van der Waals surface area contributed by atoms with Crippen molar-refractivity contribution in [2.75, 3.05) is 20.9 Å². The van der Waals surface area contributed by atoms with E-state index in [1.54, 1.807) is 30.3 Å². The van der Waals surface area contributed by atoms with Gasteiger partial charge in [0.1, 0.15) is 6.54 Å². The molecule has 12 heteroatoms. The Hall–Kier alpha value is -3.57. The minimum Gasteiger partial charge on any atom is -0.325 e. The van der Waals surface area contributed by atoms with Crippen LogP contribution < -0.4 is 14.3 Å². The van der Waals surface area contributed by atoms with E-state index in [1.807, 2.05) is 19.9 Å². The average Bonchev–Trinajstić information content (AvgIpc) is 2.89. The summed E-state index contributed by atoms with van der Waals surface area (Å²) < 4.78 is 56.1. The summed E-state index contributed by atoms with van der Waals surface area (Å²) in [5, 5.41) is 2.93. The van der Waals surface area contributed by atoms with Crippen LogP contribution in [0.3, 0.4) is 0 Å². The fourth-order valence-electron chi connectivity index (χ4n) is 3.79. The van der Waals surface area contributed by atoms with Crippen molar-refractivity contribution in [2.24, 2.45) is 0 Å². The van der Waals surface area contributed by atoms with Crippen molar-refractivity contribution in [3.8, 4) is 0 Å². The van der Waals surface area contributed by atoms with E-state index >= 15 is 0 Å². The smallest absolute Gasteiger partial charge is 0.264 e. The van der Waals surface area contributed by atoms with E-state index < -0.39 is 32.5 Å². The van der Waals surface area contributed by atoms with Crippen LogP contribution in [0.15, 0.2) is 101 Å². The molecular formula is C28H25Cl2N3O5S2. The summed E-state index contributed by atoms with van der Waals surface area (Å²) in [6, 6.07) is 22.9. The fourth-order valence-corrected chi connectivity index (χ4v) is 6.70. The third-order valence-electron chi connectivity index (χ3n) is 5.79. The van der Waals surface area contributed by atoms with E-state index in [1.165, 1.54) is 54.6 Å². The van der Waals surface area contributed by atoms with E-state index in [4.69, 9.17) is 23.2 Å². The second kappa shape index (κ2) is 11.9. The molecule has 0 aliphatic rings. The molecule has 0 bridgehead atoms. The molecule has 2 N–H and O–H groups in total. The highest BCUT2D eigenvalue weighted by Gasteiger charge is 2.29. The maximum atomic E-state index is 13.6. The van der Waals surface area contributed by atoms with Crippen LogP contribution in [0.25, 0.3) is 0 Å². The van der Waals surface area contributed by atoms with E-state index in [0.29, 0.717) is 5.69 Å². The predicted octanol–water partition coefficient (Wildman–Crippen LogP) is 6.25. The number of anilines is 3. The first-order chi connectivity index (χ1) is 18.8. The van der Waals surface area contributed by atoms with Gasteiger partial charge in [0, 0.05) is 16.4 Å². The lowest BCUT2D eigenvalue weighted by Gasteiger charge is -2.25. The SMILES string of the molecule is Cc1ccc(S(=O)(=O)N(CC(=O)Nc2ccc(S(=O)(=O)Nc3cccc(C)c3)cc2)c2cc(Cl)ccc2Cl)cc1. The number of hydrogen-bond donors (Lipinski definition) is 2. The molecule has 0 saturated heterocycles. The van der Waals surface area contributed by atoms with Gasteiger partial charge in [-0.05, 0) is 86.1 Å². The Kier molecular flexibility index (Phi) is 8.74. The van der Waals surface area contributed by atoms with Gasteiger partial charge in [-0.2, -0.15) is 0 Å². The van der Waals surface area contributed by atoms with Gasteiger partial charge in [-0.15, -0.1) is 0 Å². The zero-order chi connectivity index (χ0) is 29.1. The molecule has 40 heavy (non-hydrogen) atoms. The van der Waals surface area contributed by atoms with Gasteiger partial charge in [-0.3, -0.25) is 13.8 Å². The molecule has 0 spiro atoms. The van der Waals surface area contributed by atoms with E-state index in [9.17, 15) is 21.6 Å². The number of aryl methyl sites for hydroxylation is 2. The van der Waals surface area contributed by atoms with Crippen molar-refractivity contribution < 1.29 is 21.6 Å². The quantitative estimate of drug-likeness (QED) is 0.231. The first-order valence-electron chi connectivity index (χ1n) is 11.9. The lowest BCUT2D eigenvalue weighted by atomic mass is 10.2. The van der Waals surface area contributed by atoms with E-state index in [0.717, 1.165) is 15.4 Å². The van der Waals surface area contributed by atoms with Crippen LogP contribution in [0.4, 0.5) is 17.1 Å². The molecule has 0 saturated carbocycles. The molecule has 8 nitrogen and oxygen atoms in total. The number of benzene rings is 4. The Morgan fingerprint density at radius 2 is 1.40 bits per heavy atom. The van der Waals surface area contributed by atoms with Crippen LogP contribution in [0.2, 0.25) is 10.0 Å². The molecule has 0 aliphatic heterocycles. The molecule has 0 aliphatic carbocycles. The Labute approximate surface area is 243 Å². The maximum Gasteiger partial charge on any atom is 0.264 e. The maximum absolute atomic E-state index is 13.6. The van der Waals surface area contributed by atoms with Gasteiger partial charge in [0.25, 0.3) is 20.0 Å². The van der Waals surface area contributed by atoms with Crippen LogP contribution in [-0.2, 0) is 24.8 Å². The van der Waals surface area contributed by atoms with Gasteiger partial charge >= 0.3 is 0 Å². The highest BCUT2D eigenvalue weighted by molar-refractivity contribution is 7.93. The highest BCUT2D eigenvalue weighted by Crippen LogP contribution is 2.33. The summed E-state index contributed by atoms with van der Waals surface area (Å²) in [5.41, 5.74) is 2.49. The number of amides is 1. The number of rotatable bonds is 9. The van der Waals surface area contributed by atoms with Crippen molar-refractivity contribution in [2.45, 2.75) is 23.6 Å². The molecule has 0 atom stereocenters. The first kappa shape index (κ1) is 29.4. The molecule has 0 heterocycles. The fraction of sp³-hybridized carbons (Fsp3) is 0.107. The number of nitrogens with zero attached hydrogens (tertiary/aromatic N) is 1. The molecular weight excluding hydrogens is 593 g/mol.